The van der Waals surface area contributed by atoms with E-state index in [0.717, 1.165) is 11.3 Å². The largest absolute Gasteiger partial charge is 0.497 e. The van der Waals surface area contributed by atoms with Crippen molar-refractivity contribution in [1.82, 2.24) is 5.32 Å². The third-order valence-corrected chi connectivity index (χ3v) is 3.90. The van der Waals surface area contributed by atoms with Crippen LogP contribution in [0.2, 0.25) is 0 Å². The molecule has 0 aliphatic heterocycles. The van der Waals surface area contributed by atoms with E-state index in [2.05, 4.69) is 24.5 Å². The fourth-order valence-electron chi connectivity index (χ4n) is 2.58. The van der Waals surface area contributed by atoms with Gasteiger partial charge in [-0.2, -0.15) is 0 Å². The summed E-state index contributed by atoms with van der Waals surface area (Å²) in [5.74, 6) is 0.725. The first-order chi connectivity index (χ1) is 11.9. The van der Waals surface area contributed by atoms with Crippen molar-refractivity contribution in [2.75, 3.05) is 12.4 Å². The van der Waals surface area contributed by atoms with Crippen LogP contribution in [-0.2, 0) is 4.79 Å². The first-order valence-corrected chi connectivity index (χ1v) is 8.23. The molecule has 1 unspecified atom stereocenters. The van der Waals surface area contributed by atoms with Crippen molar-refractivity contribution in [1.29, 1.82) is 0 Å². The van der Waals surface area contributed by atoms with E-state index in [1.165, 1.54) is 6.92 Å². The van der Waals surface area contributed by atoms with Gasteiger partial charge in [-0.15, -0.1) is 0 Å². The van der Waals surface area contributed by atoms with E-state index < -0.39 is 0 Å². The Kier molecular flexibility index (Phi) is 6.17. The molecule has 0 aromatic heterocycles. The molecule has 25 heavy (non-hydrogen) atoms. The minimum absolute atomic E-state index is 0.103. The molecule has 2 rings (SSSR count). The van der Waals surface area contributed by atoms with Crippen LogP contribution in [0, 0.1) is 5.92 Å². The van der Waals surface area contributed by atoms with Crippen LogP contribution in [-0.4, -0.2) is 18.9 Å². The van der Waals surface area contributed by atoms with Crippen molar-refractivity contribution in [2.45, 2.75) is 26.8 Å². The fourth-order valence-corrected chi connectivity index (χ4v) is 2.58. The van der Waals surface area contributed by atoms with Crippen LogP contribution in [0.1, 0.15) is 42.7 Å². The summed E-state index contributed by atoms with van der Waals surface area (Å²) in [6.07, 6.45) is 0. The van der Waals surface area contributed by atoms with Crippen LogP contribution in [0.15, 0.2) is 48.5 Å². The zero-order chi connectivity index (χ0) is 18.4. The second-order valence-electron chi connectivity index (χ2n) is 6.23. The second-order valence-corrected chi connectivity index (χ2v) is 6.23. The minimum Gasteiger partial charge on any atom is -0.497 e. The summed E-state index contributed by atoms with van der Waals surface area (Å²) in [5.41, 5.74) is 2.24. The van der Waals surface area contributed by atoms with Crippen molar-refractivity contribution in [3.05, 3.63) is 59.7 Å². The van der Waals surface area contributed by atoms with Crippen LogP contribution in [0.4, 0.5) is 5.69 Å². The van der Waals surface area contributed by atoms with Gasteiger partial charge in [-0.1, -0.05) is 26.0 Å². The molecule has 2 N–H and O–H groups in total. The average molecular weight is 340 g/mol. The first kappa shape index (κ1) is 18.5. The van der Waals surface area contributed by atoms with E-state index in [1.54, 1.807) is 31.4 Å². The summed E-state index contributed by atoms with van der Waals surface area (Å²) in [5, 5.41) is 5.76. The van der Waals surface area contributed by atoms with Gasteiger partial charge in [-0.05, 0) is 47.9 Å². The highest BCUT2D eigenvalue weighted by atomic mass is 16.5. The molecule has 0 spiro atoms. The third kappa shape index (κ3) is 5.08. The van der Waals surface area contributed by atoms with Crippen molar-refractivity contribution in [3.63, 3.8) is 0 Å². The molecule has 2 amide bonds. The summed E-state index contributed by atoms with van der Waals surface area (Å²) in [4.78, 5) is 23.6. The number of carbonyl (C=O) groups is 2. The molecular formula is C20H24N2O3. The lowest BCUT2D eigenvalue weighted by molar-refractivity contribution is -0.114. The normalized spacial score (nSPS) is 11.7. The van der Waals surface area contributed by atoms with Gasteiger partial charge < -0.3 is 15.4 Å². The summed E-state index contributed by atoms with van der Waals surface area (Å²) >= 11 is 0. The molecule has 132 valence electrons. The van der Waals surface area contributed by atoms with Crippen molar-refractivity contribution in [2.24, 2.45) is 5.92 Å². The van der Waals surface area contributed by atoms with Crippen LogP contribution in [0.5, 0.6) is 5.75 Å². The number of methoxy groups -OCH3 is 1. The average Bonchev–Trinajstić information content (AvgIpc) is 2.59. The Bertz CT molecular complexity index is 722. The zero-order valence-electron chi connectivity index (χ0n) is 15.0. The lowest BCUT2D eigenvalue weighted by atomic mass is 9.95. The lowest BCUT2D eigenvalue weighted by Gasteiger charge is -2.23. The predicted molar refractivity (Wildman–Crippen MR) is 98.8 cm³/mol. The molecule has 0 aliphatic rings. The quantitative estimate of drug-likeness (QED) is 0.841. The monoisotopic (exact) mass is 340 g/mol. The van der Waals surface area contributed by atoms with Gasteiger partial charge in [0, 0.05) is 18.2 Å². The molecule has 2 aromatic carbocycles. The Morgan fingerprint density at radius 3 is 2.04 bits per heavy atom. The SMILES string of the molecule is COc1ccc(C(NC(=O)c2ccc(NC(C)=O)cc2)C(C)C)cc1. The number of amides is 2. The molecule has 0 radical (unpaired) electrons. The second kappa shape index (κ2) is 8.33. The molecule has 0 fully saturated rings. The molecule has 0 saturated heterocycles. The highest BCUT2D eigenvalue weighted by Crippen LogP contribution is 2.24. The van der Waals surface area contributed by atoms with E-state index in [1.807, 2.05) is 24.3 Å². The summed E-state index contributed by atoms with van der Waals surface area (Å²) in [6, 6.07) is 14.4. The summed E-state index contributed by atoms with van der Waals surface area (Å²) < 4.78 is 5.18. The first-order valence-electron chi connectivity index (χ1n) is 8.23. The lowest BCUT2D eigenvalue weighted by Crippen LogP contribution is -2.31. The van der Waals surface area contributed by atoms with Crippen LogP contribution < -0.4 is 15.4 Å². The molecular weight excluding hydrogens is 316 g/mol. The van der Waals surface area contributed by atoms with Gasteiger partial charge in [-0.3, -0.25) is 9.59 Å². The number of hydrogen-bond donors (Lipinski definition) is 2. The van der Waals surface area contributed by atoms with Crippen molar-refractivity contribution in [3.8, 4) is 5.75 Å². The third-order valence-electron chi connectivity index (χ3n) is 3.90. The van der Waals surface area contributed by atoms with Gasteiger partial charge in [0.15, 0.2) is 0 Å². The van der Waals surface area contributed by atoms with Crippen molar-refractivity contribution >= 4 is 17.5 Å². The van der Waals surface area contributed by atoms with Gasteiger partial charge in [0.2, 0.25) is 5.91 Å². The van der Waals surface area contributed by atoms with E-state index in [-0.39, 0.29) is 23.8 Å². The molecule has 2 aromatic rings. The molecule has 0 aliphatic carbocycles. The smallest absolute Gasteiger partial charge is 0.251 e. The Hall–Kier alpha value is -2.82. The number of rotatable bonds is 6. The van der Waals surface area contributed by atoms with Crippen LogP contribution >= 0.6 is 0 Å². The molecule has 1 atom stereocenters. The Morgan fingerprint density at radius 2 is 1.56 bits per heavy atom. The maximum Gasteiger partial charge on any atom is 0.251 e. The fraction of sp³-hybridized carbons (Fsp3) is 0.300. The highest BCUT2D eigenvalue weighted by Gasteiger charge is 2.19. The Balaban J connectivity index is 2.12. The topological polar surface area (TPSA) is 67.4 Å². The molecule has 0 heterocycles. The number of benzene rings is 2. The van der Waals surface area contributed by atoms with Crippen LogP contribution in [0.25, 0.3) is 0 Å². The van der Waals surface area contributed by atoms with Gasteiger partial charge in [0.05, 0.1) is 13.2 Å². The van der Waals surface area contributed by atoms with E-state index in [4.69, 9.17) is 4.74 Å². The van der Waals surface area contributed by atoms with Crippen molar-refractivity contribution < 1.29 is 14.3 Å². The molecule has 5 heteroatoms. The summed E-state index contributed by atoms with van der Waals surface area (Å²) in [6.45, 7) is 5.58. The van der Waals surface area contributed by atoms with E-state index in [0.29, 0.717) is 11.3 Å². The molecule has 0 bridgehead atoms. The van der Waals surface area contributed by atoms with E-state index in [9.17, 15) is 9.59 Å². The maximum absolute atomic E-state index is 12.6. The van der Waals surface area contributed by atoms with Gasteiger partial charge in [-0.25, -0.2) is 0 Å². The van der Waals surface area contributed by atoms with Crippen LogP contribution in [0.3, 0.4) is 0 Å². The summed E-state index contributed by atoms with van der Waals surface area (Å²) in [7, 11) is 1.63. The number of hydrogen-bond acceptors (Lipinski definition) is 3. The number of anilines is 1. The standard InChI is InChI=1S/C20H24N2O3/c1-13(2)19(15-7-11-18(25-4)12-8-15)22-20(24)16-5-9-17(10-6-16)21-14(3)23/h5-13,19H,1-4H3,(H,21,23)(H,22,24). The van der Waals surface area contributed by atoms with Gasteiger partial charge in [0.1, 0.15) is 5.75 Å². The molecule has 5 nitrogen and oxygen atoms in total. The highest BCUT2D eigenvalue weighted by molar-refractivity contribution is 5.95. The van der Waals surface area contributed by atoms with Gasteiger partial charge >= 0.3 is 0 Å². The Morgan fingerprint density at radius 1 is 0.960 bits per heavy atom. The van der Waals surface area contributed by atoms with E-state index >= 15 is 0 Å². The predicted octanol–water partition coefficient (Wildman–Crippen LogP) is 3.78. The number of ether oxygens (including phenoxy) is 1. The Labute approximate surface area is 148 Å². The number of carbonyl (C=O) groups excluding carboxylic acids is 2. The maximum atomic E-state index is 12.6. The zero-order valence-corrected chi connectivity index (χ0v) is 15.0. The minimum atomic E-state index is -0.149. The van der Waals surface area contributed by atoms with Gasteiger partial charge in [0.25, 0.3) is 5.91 Å². The number of nitrogens with one attached hydrogen (secondary N) is 2. The molecule has 0 saturated carbocycles.